The van der Waals surface area contributed by atoms with E-state index < -0.39 is 11.7 Å². The maximum atomic E-state index is 13.9. The fourth-order valence-corrected chi connectivity index (χ4v) is 3.16. The van der Waals surface area contributed by atoms with Crippen LogP contribution in [0.3, 0.4) is 0 Å². The summed E-state index contributed by atoms with van der Waals surface area (Å²) < 4.78 is 19.9. The van der Waals surface area contributed by atoms with Gasteiger partial charge in [-0.15, -0.1) is 0 Å². The van der Waals surface area contributed by atoms with Gasteiger partial charge < -0.3 is 15.8 Å². The first-order valence-corrected chi connectivity index (χ1v) is 8.05. The molecular formula is C15H21BrFN3O2. The van der Waals surface area contributed by atoms with Crippen LogP contribution in [0.5, 0.6) is 0 Å². The SMILES string of the molecule is CC(CNc1cc(Br)cc(F)c1C(N)=O)N1CCOCC1C. The van der Waals surface area contributed by atoms with Crippen molar-refractivity contribution in [2.75, 3.05) is 31.6 Å². The minimum atomic E-state index is -0.778. The van der Waals surface area contributed by atoms with Crippen molar-refractivity contribution in [3.05, 3.63) is 28.0 Å². The van der Waals surface area contributed by atoms with Gasteiger partial charge in [0.2, 0.25) is 0 Å². The number of nitrogens with zero attached hydrogens (tertiary/aromatic N) is 1. The van der Waals surface area contributed by atoms with Gasteiger partial charge in [-0.05, 0) is 26.0 Å². The second kappa shape index (κ2) is 7.39. The van der Waals surface area contributed by atoms with Gasteiger partial charge in [0.05, 0.1) is 24.5 Å². The highest BCUT2D eigenvalue weighted by Crippen LogP contribution is 2.25. The predicted octanol–water partition coefficient (Wildman–Crippen LogP) is 2.21. The Morgan fingerprint density at radius 3 is 3.00 bits per heavy atom. The Labute approximate surface area is 138 Å². The van der Waals surface area contributed by atoms with Crippen LogP contribution >= 0.6 is 15.9 Å². The smallest absolute Gasteiger partial charge is 0.253 e. The van der Waals surface area contributed by atoms with E-state index in [-0.39, 0.29) is 11.6 Å². The molecule has 5 nitrogen and oxygen atoms in total. The summed E-state index contributed by atoms with van der Waals surface area (Å²) in [5, 5.41) is 3.14. The van der Waals surface area contributed by atoms with E-state index in [2.05, 4.69) is 40.0 Å². The fourth-order valence-electron chi connectivity index (χ4n) is 2.73. The van der Waals surface area contributed by atoms with Crippen LogP contribution in [0.15, 0.2) is 16.6 Å². The standard InChI is InChI=1S/C15H21BrFN3O2/c1-9(20-3-4-22-8-10(20)2)7-19-13-6-11(16)5-12(17)14(13)15(18)21/h5-6,9-10,19H,3-4,7-8H2,1-2H3,(H2,18,21). The minimum Gasteiger partial charge on any atom is -0.383 e. The minimum absolute atomic E-state index is 0.106. The molecule has 3 N–H and O–H groups in total. The molecule has 0 radical (unpaired) electrons. The van der Waals surface area contributed by atoms with Gasteiger partial charge in [-0.3, -0.25) is 9.69 Å². The first kappa shape index (κ1) is 17.2. The summed E-state index contributed by atoms with van der Waals surface area (Å²) in [5.74, 6) is -1.41. The number of primary amides is 1. The van der Waals surface area contributed by atoms with Crippen LogP contribution in [-0.4, -0.2) is 49.2 Å². The lowest BCUT2D eigenvalue weighted by Gasteiger charge is -2.38. The van der Waals surface area contributed by atoms with Gasteiger partial charge in [0.15, 0.2) is 0 Å². The number of rotatable bonds is 5. The highest BCUT2D eigenvalue weighted by Gasteiger charge is 2.24. The van der Waals surface area contributed by atoms with E-state index in [9.17, 15) is 9.18 Å². The van der Waals surface area contributed by atoms with Gasteiger partial charge in [0.25, 0.3) is 5.91 Å². The van der Waals surface area contributed by atoms with E-state index in [1.54, 1.807) is 6.07 Å². The number of anilines is 1. The molecule has 1 aliphatic heterocycles. The maximum absolute atomic E-state index is 13.9. The summed E-state index contributed by atoms with van der Waals surface area (Å²) >= 11 is 3.23. The third kappa shape index (κ3) is 3.97. The van der Waals surface area contributed by atoms with Crippen LogP contribution in [0.1, 0.15) is 24.2 Å². The fraction of sp³-hybridized carbons (Fsp3) is 0.533. The summed E-state index contributed by atoms with van der Waals surface area (Å²) in [4.78, 5) is 13.8. The van der Waals surface area contributed by atoms with Gasteiger partial charge in [0, 0.05) is 29.6 Å². The van der Waals surface area contributed by atoms with Gasteiger partial charge >= 0.3 is 0 Å². The molecular weight excluding hydrogens is 353 g/mol. The van der Waals surface area contributed by atoms with E-state index in [1.807, 2.05) is 0 Å². The molecule has 0 aliphatic carbocycles. The quantitative estimate of drug-likeness (QED) is 0.830. The van der Waals surface area contributed by atoms with Gasteiger partial charge in [-0.1, -0.05) is 15.9 Å². The Hall–Kier alpha value is -1.18. The highest BCUT2D eigenvalue weighted by molar-refractivity contribution is 9.10. The molecule has 1 heterocycles. The first-order valence-electron chi connectivity index (χ1n) is 7.26. The lowest BCUT2D eigenvalue weighted by atomic mass is 10.1. The highest BCUT2D eigenvalue weighted by atomic mass is 79.9. The van der Waals surface area contributed by atoms with E-state index in [0.29, 0.717) is 36.0 Å². The van der Waals surface area contributed by atoms with Crippen molar-refractivity contribution in [3.63, 3.8) is 0 Å². The van der Waals surface area contributed by atoms with Crippen molar-refractivity contribution < 1.29 is 13.9 Å². The van der Waals surface area contributed by atoms with Crippen molar-refractivity contribution in [2.45, 2.75) is 25.9 Å². The molecule has 0 aromatic heterocycles. The van der Waals surface area contributed by atoms with Gasteiger partial charge in [0.1, 0.15) is 5.82 Å². The second-order valence-electron chi connectivity index (χ2n) is 5.57. The maximum Gasteiger partial charge on any atom is 0.253 e. The number of morpholine rings is 1. The van der Waals surface area contributed by atoms with Crippen LogP contribution in [0.2, 0.25) is 0 Å². The number of carbonyl (C=O) groups excluding carboxylic acids is 1. The summed E-state index contributed by atoms with van der Waals surface area (Å²) in [6.45, 7) is 7.07. The monoisotopic (exact) mass is 373 g/mol. The predicted molar refractivity (Wildman–Crippen MR) is 87.6 cm³/mol. The Morgan fingerprint density at radius 1 is 1.64 bits per heavy atom. The normalized spacial score (nSPS) is 20.6. The number of benzene rings is 1. The van der Waals surface area contributed by atoms with E-state index in [0.717, 1.165) is 6.54 Å². The summed E-state index contributed by atoms with van der Waals surface area (Å²) in [5.41, 5.74) is 5.58. The number of carbonyl (C=O) groups is 1. The summed E-state index contributed by atoms with van der Waals surface area (Å²) in [7, 11) is 0. The number of ether oxygens (including phenoxy) is 1. The van der Waals surface area contributed by atoms with E-state index >= 15 is 0 Å². The molecule has 1 aromatic carbocycles. The first-order chi connectivity index (χ1) is 10.4. The molecule has 0 saturated carbocycles. The van der Waals surface area contributed by atoms with Crippen molar-refractivity contribution in [2.24, 2.45) is 5.73 Å². The lowest BCUT2D eigenvalue weighted by molar-refractivity contribution is -0.0159. The molecule has 122 valence electrons. The van der Waals surface area contributed by atoms with Crippen molar-refractivity contribution >= 4 is 27.5 Å². The van der Waals surface area contributed by atoms with Crippen LogP contribution in [0.4, 0.5) is 10.1 Å². The second-order valence-corrected chi connectivity index (χ2v) is 6.48. The number of hydrogen-bond acceptors (Lipinski definition) is 4. The average molecular weight is 374 g/mol. The van der Waals surface area contributed by atoms with Crippen molar-refractivity contribution in [1.29, 1.82) is 0 Å². The molecule has 2 atom stereocenters. The topological polar surface area (TPSA) is 67.6 Å². The Kier molecular flexibility index (Phi) is 5.77. The molecule has 1 saturated heterocycles. The zero-order valence-electron chi connectivity index (χ0n) is 12.7. The molecule has 1 fully saturated rings. The van der Waals surface area contributed by atoms with Crippen molar-refractivity contribution in [1.82, 2.24) is 4.90 Å². The molecule has 7 heteroatoms. The molecule has 22 heavy (non-hydrogen) atoms. The zero-order valence-corrected chi connectivity index (χ0v) is 14.3. The number of halogens is 2. The Balaban J connectivity index is 2.09. The summed E-state index contributed by atoms with van der Waals surface area (Å²) in [6.07, 6.45) is 0. The summed E-state index contributed by atoms with van der Waals surface area (Å²) in [6, 6.07) is 3.46. The van der Waals surface area contributed by atoms with Crippen LogP contribution in [0, 0.1) is 5.82 Å². The number of amides is 1. The van der Waals surface area contributed by atoms with Crippen LogP contribution < -0.4 is 11.1 Å². The number of hydrogen-bond donors (Lipinski definition) is 2. The molecule has 2 rings (SSSR count). The zero-order chi connectivity index (χ0) is 16.3. The number of nitrogens with two attached hydrogens (primary N) is 1. The lowest BCUT2D eigenvalue weighted by Crippen LogP contribution is -2.50. The molecule has 0 spiro atoms. The van der Waals surface area contributed by atoms with Gasteiger partial charge in [-0.25, -0.2) is 4.39 Å². The molecule has 0 bridgehead atoms. The third-order valence-electron chi connectivity index (χ3n) is 3.87. The third-order valence-corrected chi connectivity index (χ3v) is 4.33. The Morgan fingerprint density at radius 2 is 2.36 bits per heavy atom. The average Bonchev–Trinajstić information content (AvgIpc) is 2.44. The number of nitrogens with one attached hydrogen (secondary N) is 1. The van der Waals surface area contributed by atoms with Crippen LogP contribution in [-0.2, 0) is 4.74 Å². The largest absolute Gasteiger partial charge is 0.383 e. The molecule has 2 unspecified atom stereocenters. The van der Waals surface area contributed by atoms with Crippen molar-refractivity contribution in [3.8, 4) is 0 Å². The molecule has 1 aromatic rings. The molecule has 1 aliphatic rings. The van der Waals surface area contributed by atoms with Crippen LogP contribution in [0.25, 0.3) is 0 Å². The van der Waals surface area contributed by atoms with E-state index in [1.165, 1.54) is 6.07 Å². The Bertz CT molecular complexity index is 556. The van der Waals surface area contributed by atoms with Gasteiger partial charge in [-0.2, -0.15) is 0 Å². The van der Waals surface area contributed by atoms with E-state index in [4.69, 9.17) is 10.5 Å². The molecule has 1 amide bonds.